The maximum atomic E-state index is 11.0. The first kappa shape index (κ1) is 9.03. The summed E-state index contributed by atoms with van der Waals surface area (Å²) in [5, 5.41) is 2.60. The van der Waals surface area contributed by atoms with E-state index in [0.717, 1.165) is 0 Å². The molecule has 1 saturated heterocycles. The summed E-state index contributed by atoms with van der Waals surface area (Å²) >= 11 is 0. The molecule has 0 aliphatic carbocycles. The number of esters is 1. The maximum absolute atomic E-state index is 11.0. The Balaban J connectivity index is 2.32. The Bertz CT molecular complexity index is 200. The molecule has 0 saturated carbocycles. The second kappa shape index (κ2) is 3.56. The number of amides is 1. The molecule has 1 aliphatic rings. The second-order valence-electron chi connectivity index (χ2n) is 3.22. The van der Waals surface area contributed by atoms with Crippen molar-refractivity contribution in [3.05, 3.63) is 0 Å². The van der Waals surface area contributed by atoms with Gasteiger partial charge in [0.15, 0.2) is 0 Å². The molecule has 1 rings (SSSR count). The Hall–Kier alpha value is -1.06. The van der Waals surface area contributed by atoms with E-state index in [4.69, 9.17) is 4.74 Å². The van der Waals surface area contributed by atoms with Crippen molar-refractivity contribution in [3.63, 3.8) is 0 Å². The molecule has 1 amide bonds. The van der Waals surface area contributed by atoms with Gasteiger partial charge in [-0.3, -0.25) is 9.59 Å². The van der Waals surface area contributed by atoms with Gasteiger partial charge in [-0.1, -0.05) is 13.8 Å². The van der Waals surface area contributed by atoms with Crippen molar-refractivity contribution in [1.29, 1.82) is 0 Å². The fourth-order valence-electron chi connectivity index (χ4n) is 0.962. The first-order valence-corrected chi connectivity index (χ1v) is 4.07. The Labute approximate surface area is 71.3 Å². The zero-order chi connectivity index (χ0) is 9.14. The number of carbonyl (C=O) groups excluding carboxylic acids is 2. The molecule has 0 aromatic heterocycles. The molecule has 0 bridgehead atoms. The highest BCUT2D eigenvalue weighted by Crippen LogP contribution is 2.07. The van der Waals surface area contributed by atoms with Crippen molar-refractivity contribution in [2.75, 3.05) is 6.54 Å². The van der Waals surface area contributed by atoms with Gasteiger partial charge in [0.2, 0.25) is 5.91 Å². The van der Waals surface area contributed by atoms with E-state index in [1.165, 1.54) is 0 Å². The van der Waals surface area contributed by atoms with Gasteiger partial charge in [0.1, 0.15) is 6.10 Å². The summed E-state index contributed by atoms with van der Waals surface area (Å²) in [4.78, 5) is 21.7. The average molecular weight is 171 g/mol. The topological polar surface area (TPSA) is 55.4 Å². The molecule has 1 heterocycles. The predicted octanol–water partition coefficient (Wildman–Crippen LogP) is 0.0741. The van der Waals surface area contributed by atoms with Crippen LogP contribution in [0.2, 0.25) is 0 Å². The third-order valence-corrected chi connectivity index (χ3v) is 1.69. The van der Waals surface area contributed by atoms with Crippen LogP contribution in [0.5, 0.6) is 0 Å². The van der Waals surface area contributed by atoms with Crippen molar-refractivity contribution >= 4 is 11.9 Å². The molecule has 68 valence electrons. The van der Waals surface area contributed by atoms with Crippen molar-refractivity contribution in [1.82, 2.24) is 5.32 Å². The zero-order valence-electron chi connectivity index (χ0n) is 7.29. The van der Waals surface area contributed by atoms with E-state index in [-0.39, 0.29) is 23.9 Å². The molecular formula is C8H13NO3. The van der Waals surface area contributed by atoms with Crippen molar-refractivity contribution in [2.24, 2.45) is 5.92 Å². The van der Waals surface area contributed by atoms with Crippen LogP contribution in [-0.2, 0) is 14.3 Å². The van der Waals surface area contributed by atoms with Crippen LogP contribution in [-0.4, -0.2) is 24.5 Å². The van der Waals surface area contributed by atoms with E-state index in [1.54, 1.807) is 13.8 Å². The van der Waals surface area contributed by atoms with Gasteiger partial charge in [-0.05, 0) is 0 Å². The Morgan fingerprint density at radius 1 is 1.67 bits per heavy atom. The first-order valence-electron chi connectivity index (χ1n) is 4.07. The van der Waals surface area contributed by atoms with Crippen LogP contribution in [0.4, 0.5) is 0 Å². The molecule has 4 heteroatoms. The summed E-state index contributed by atoms with van der Waals surface area (Å²) in [5.74, 6) is -0.409. The predicted molar refractivity (Wildman–Crippen MR) is 42.3 cm³/mol. The number of rotatable bonds is 2. The lowest BCUT2D eigenvalue weighted by atomic mass is 10.2. The minimum atomic E-state index is -0.257. The highest BCUT2D eigenvalue weighted by atomic mass is 16.5. The summed E-state index contributed by atoms with van der Waals surface area (Å²) in [5.41, 5.74) is 0. The van der Waals surface area contributed by atoms with Gasteiger partial charge in [-0.15, -0.1) is 0 Å². The molecule has 1 N–H and O–H groups in total. The van der Waals surface area contributed by atoms with E-state index in [0.29, 0.717) is 13.0 Å². The van der Waals surface area contributed by atoms with Crippen molar-refractivity contribution < 1.29 is 14.3 Å². The van der Waals surface area contributed by atoms with E-state index >= 15 is 0 Å². The van der Waals surface area contributed by atoms with E-state index in [1.807, 2.05) is 0 Å². The van der Waals surface area contributed by atoms with Gasteiger partial charge in [0, 0.05) is 0 Å². The fourth-order valence-corrected chi connectivity index (χ4v) is 0.962. The standard InChI is InChI=1S/C8H13NO3/c1-5(2)8(11)12-6-3-7(10)9-4-6/h5-6H,3-4H2,1-2H3,(H,9,10)/t6-/m1/s1. The van der Waals surface area contributed by atoms with E-state index < -0.39 is 0 Å². The molecule has 1 fully saturated rings. The lowest BCUT2D eigenvalue weighted by Crippen LogP contribution is -2.23. The molecule has 0 unspecified atom stereocenters. The minimum Gasteiger partial charge on any atom is -0.460 e. The third kappa shape index (κ3) is 2.22. The lowest BCUT2D eigenvalue weighted by molar-refractivity contribution is -0.152. The van der Waals surface area contributed by atoms with Crippen LogP contribution in [0, 0.1) is 5.92 Å². The number of hydrogen-bond donors (Lipinski definition) is 1. The molecule has 1 aliphatic heterocycles. The van der Waals surface area contributed by atoms with E-state index in [9.17, 15) is 9.59 Å². The van der Waals surface area contributed by atoms with Gasteiger partial charge in [0.05, 0.1) is 18.9 Å². The van der Waals surface area contributed by atoms with Gasteiger partial charge < -0.3 is 10.1 Å². The van der Waals surface area contributed by atoms with Crippen molar-refractivity contribution in [2.45, 2.75) is 26.4 Å². The van der Waals surface area contributed by atoms with Crippen molar-refractivity contribution in [3.8, 4) is 0 Å². The zero-order valence-corrected chi connectivity index (χ0v) is 7.29. The van der Waals surface area contributed by atoms with Gasteiger partial charge in [-0.25, -0.2) is 0 Å². The maximum Gasteiger partial charge on any atom is 0.308 e. The Morgan fingerprint density at radius 2 is 2.33 bits per heavy atom. The SMILES string of the molecule is CC(C)C(=O)O[C@H]1CNC(=O)C1. The summed E-state index contributed by atoms with van der Waals surface area (Å²) in [6, 6.07) is 0. The number of ether oxygens (including phenoxy) is 1. The van der Waals surface area contributed by atoms with Crippen LogP contribution in [0.25, 0.3) is 0 Å². The largest absolute Gasteiger partial charge is 0.460 e. The molecule has 0 aromatic carbocycles. The summed E-state index contributed by atoms with van der Waals surface area (Å²) < 4.78 is 5.02. The lowest BCUT2D eigenvalue weighted by Gasteiger charge is -2.11. The summed E-state index contributed by atoms with van der Waals surface area (Å²) in [6.07, 6.45) is 0.0470. The first-order chi connectivity index (χ1) is 5.59. The molecule has 0 radical (unpaired) electrons. The Kier molecular flexibility index (Phi) is 2.68. The molecule has 4 nitrogen and oxygen atoms in total. The monoisotopic (exact) mass is 171 g/mol. The van der Waals surface area contributed by atoms with Crippen LogP contribution < -0.4 is 5.32 Å². The second-order valence-corrected chi connectivity index (χ2v) is 3.22. The highest BCUT2D eigenvalue weighted by Gasteiger charge is 2.25. The molecule has 12 heavy (non-hydrogen) atoms. The summed E-state index contributed by atoms with van der Waals surface area (Å²) in [6.45, 7) is 4.00. The smallest absolute Gasteiger partial charge is 0.308 e. The molecule has 0 aromatic rings. The molecular weight excluding hydrogens is 158 g/mol. The third-order valence-electron chi connectivity index (χ3n) is 1.69. The van der Waals surface area contributed by atoms with Gasteiger partial charge in [-0.2, -0.15) is 0 Å². The normalized spacial score (nSPS) is 22.6. The minimum absolute atomic E-state index is 0.0449. The fraction of sp³-hybridized carbons (Fsp3) is 0.750. The van der Waals surface area contributed by atoms with Gasteiger partial charge >= 0.3 is 5.97 Å². The van der Waals surface area contributed by atoms with E-state index in [2.05, 4.69) is 5.32 Å². The quantitative estimate of drug-likeness (QED) is 0.598. The molecule has 0 spiro atoms. The summed E-state index contributed by atoms with van der Waals surface area (Å²) in [7, 11) is 0. The Morgan fingerprint density at radius 3 is 2.75 bits per heavy atom. The number of carbonyl (C=O) groups is 2. The van der Waals surface area contributed by atoms with Gasteiger partial charge in [0.25, 0.3) is 0 Å². The highest BCUT2D eigenvalue weighted by molar-refractivity contribution is 5.80. The average Bonchev–Trinajstić information content (AvgIpc) is 2.35. The molecule has 1 atom stereocenters. The van der Waals surface area contributed by atoms with Crippen LogP contribution in [0.1, 0.15) is 20.3 Å². The van der Waals surface area contributed by atoms with Crippen LogP contribution >= 0.6 is 0 Å². The number of hydrogen-bond acceptors (Lipinski definition) is 3. The van der Waals surface area contributed by atoms with Crippen LogP contribution in [0.15, 0.2) is 0 Å². The number of nitrogens with one attached hydrogen (secondary N) is 1. The van der Waals surface area contributed by atoms with Crippen LogP contribution in [0.3, 0.4) is 0 Å².